The van der Waals surface area contributed by atoms with Crippen LogP contribution in [0.2, 0.25) is 0 Å². The highest BCUT2D eigenvalue weighted by molar-refractivity contribution is 4.69. The molecular weight excluding hydrogens is 133 g/mol. The van der Waals surface area contributed by atoms with Crippen LogP contribution in [0.4, 0.5) is 13.2 Å². The summed E-state index contributed by atoms with van der Waals surface area (Å²) in [6.45, 7) is -0.0271. The van der Waals surface area contributed by atoms with Gasteiger partial charge in [0.05, 0.1) is 0 Å². The molecule has 0 saturated heterocycles. The first kappa shape index (κ1) is 8.71. The number of alkyl halides is 3. The first-order valence-corrected chi connectivity index (χ1v) is 2.51. The monoisotopic (exact) mass is 142 g/mol. The minimum atomic E-state index is -4.29. The van der Waals surface area contributed by atoms with Crippen molar-refractivity contribution in [1.29, 1.82) is 0 Å². The highest BCUT2D eigenvalue weighted by atomic mass is 19.4. The first-order valence-electron chi connectivity index (χ1n) is 2.51. The standard InChI is InChI=1S/C4H9F3N2/c5-4(6,7)3(9)1-2-8/h3H,1-2,8-9H2/t3-/m0/s1. The normalized spacial score (nSPS) is 15.7. The van der Waals surface area contributed by atoms with Gasteiger partial charge in [0, 0.05) is 0 Å². The second-order valence-corrected chi connectivity index (χ2v) is 1.73. The highest BCUT2D eigenvalue weighted by Gasteiger charge is 2.35. The Morgan fingerprint density at radius 1 is 1.33 bits per heavy atom. The lowest BCUT2D eigenvalue weighted by Crippen LogP contribution is -2.38. The van der Waals surface area contributed by atoms with E-state index in [2.05, 4.69) is 5.73 Å². The van der Waals surface area contributed by atoms with E-state index in [-0.39, 0.29) is 13.0 Å². The molecule has 0 saturated carbocycles. The summed E-state index contributed by atoms with van der Waals surface area (Å²) in [5, 5.41) is 0. The third kappa shape index (κ3) is 3.31. The van der Waals surface area contributed by atoms with Crippen LogP contribution in [0.3, 0.4) is 0 Å². The molecule has 0 aliphatic carbocycles. The Bertz CT molecular complexity index is 80.4. The van der Waals surface area contributed by atoms with Crippen LogP contribution < -0.4 is 11.5 Å². The molecule has 0 aliphatic heterocycles. The van der Waals surface area contributed by atoms with Crippen LogP contribution in [0, 0.1) is 0 Å². The third-order valence-electron chi connectivity index (χ3n) is 0.898. The van der Waals surface area contributed by atoms with Gasteiger partial charge in [-0.1, -0.05) is 0 Å². The van der Waals surface area contributed by atoms with Crippen LogP contribution in [0.5, 0.6) is 0 Å². The Kier molecular flexibility index (Phi) is 2.93. The van der Waals surface area contributed by atoms with Crippen LogP contribution in [0.25, 0.3) is 0 Å². The molecule has 0 spiro atoms. The van der Waals surface area contributed by atoms with Crippen LogP contribution in [0.15, 0.2) is 0 Å². The fourth-order valence-corrected chi connectivity index (χ4v) is 0.343. The molecule has 0 radical (unpaired) electrons. The first-order chi connectivity index (χ1) is 3.98. The van der Waals surface area contributed by atoms with Crippen LogP contribution in [-0.2, 0) is 0 Å². The van der Waals surface area contributed by atoms with E-state index in [4.69, 9.17) is 5.73 Å². The summed E-state index contributed by atoms with van der Waals surface area (Å²) in [4.78, 5) is 0. The fraction of sp³-hybridized carbons (Fsp3) is 1.00. The minimum Gasteiger partial charge on any atom is -0.330 e. The maximum atomic E-state index is 11.5. The predicted molar refractivity (Wildman–Crippen MR) is 27.7 cm³/mol. The summed E-state index contributed by atoms with van der Waals surface area (Å²) < 4.78 is 34.4. The minimum absolute atomic E-state index is 0.0271. The molecule has 0 aromatic rings. The SMILES string of the molecule is NCC[C@H](N)C(F)(F)F. The van der Waals surface area contributed by atoms with Gasteiger partial charge in [-0.3, -0.25) is 0 Å². The van der Waals surface area contributed by atoms with E-state index in [1.54, 1.807) is 0 Å². The van der Waals surface area contributed by atoms with Gasteiger partial charge >= 0.3 is 6.18 Å². The maximum Gasteiger partial charge on any atom is 0.403 e. The lowest BCUT2D eigenvalue weighted by Gasteiger charge is -2.13. The van der Waals surface area contributed by atoms with Gasteiger partial charge in [0.1, 0.15) is 6.04 Å². The molecule has 0 amide bonds. The number of rotatable bonds is 2. The average molecular weight is 142 g/mol. The molecule has 5 heteroatoms. The van der Waals surface area contributed by atoms with E-state index in [1.165, 1.54) is 0 Å². The zero-order valence-corrected chi connectivity index (χ0v) is 4.78. The van der Waals surface area contributed by atoms with Crippen molar-refractivity contribution in [3.05, 3.63) is 0 Å². The van der Waals surface area contributed by atoms with Crippen molar-refractivity contribution in [1.82, 2.24) is 0 Å². The van der Waals surface area contributed by atoms with Gasteiger partial charge in [-0.15, -0.1) is 0 Å². The molecule has 56 valence electrons. The van der Waals surface area contributed by atoms with Gasteiger partial charge in [0.15, 0.2) is 0 Å². The van der Waals surface area contributed by atoms with Gasteiger partial charge in [-0.2, -0.15) is 13.2 Å². The molecule has 9 heavy (non-hydrogen) atoms. The molecule has 0 aromatic carbocycles. The average Bonchev–Trinajstić information content (AvgIpc) is 1.64. The third-order valence-corrected chi connectivity index (χ3v) is 0.898. The van der Waals surface area contributed by atoms with Crippen molar-refractivity contribution < 1.29 is 13.2 Å². The molecule has 0 unspecified atom stereocenters. The molecule has 0 rings (SSSR count). The number of nitrogens with two attached hydrogens (primary N) is 2. The number of halogens is 3. The molecule has 4 N–H and O–H groups in total. The lowest BCUT2D eigenvalue weighted by molar-refractivity contribution is -0.148. The summed E-state index contributed by atoms with van der Waals surface area (Å²) in [5.74, 6) is 0. The van der Waals surface area contributed by atoms with E-state index in [1.807, 2.05) is 0 Å². The summed E-state index contributed by atoms with van der Waals surface area (Å²) in [7, 11) is 0. The van der Waals surface area contributed by atoms with Crippen molar-refractivity contribution in [2.75, 3.05) is 6.54 Å². The second kappa shape index (κ2) is 3.03. The van der Waals surface area contributed by atoms with E-state index in [0.29, 0.717) is 0 Å². The second-order valence-electron chi connectivity index (χ2n) is 1.73. The maximum absolute atomic E-state index is 11.5. The molecule has 0 bridgehead atoms. The van der Waals surface area contributed by atoms with Crippen molar-refractivity contribution in [3.8, 4) is 0 Å². The molecule has 0 aromatic heterocycles. The van der Waals surface area contributed by atoms with E-state index < -0.39 is 12.2 Å². The Hall–Kier alpha value is -0.290. The lowest BCUT2D eigenvalue weighted by atomic mass is 10.2. The van der Waals surface area contributed by atoms with Gasteiger partial charge in [0.2, 0.25) is 0 Å². The van der Waals surface area contributed by atoms with Crippen molar-refractivity contribution >= 4 is 0 Å². The molecule has 0 aliphatic rings. The van der Waals surface area contributed by atoms with Crippen molar-refractivity contribution in [2.24, 2.45) is 11.5 Å². The van der Waals surface area contributed by atoms with Crippen LogP contribution >= 0.6 is 0 Å². The summed E-state index contributed by atoms with van der Waals surface area (Å²) in [5.41, 5.74) is 9.50. The van der Waals surface area contributed by atoms with Crippen LogP contribution in [-0.4, -0.2) is 18.8 Å². The largest absolute Gasteiger partial charge is 0.403 e. The highest BCUT2D eigenvalue weighted by Crippen LogP contribution is 2.19. The van der Waals surface area contributed by atoms with E-state index in [9.17, 15) is 13.2 Å². The number of hydrogen-bond acceptors (Lipinski definition) is 2. The Labute approximate surface area is 51.0 Å². The summed E-state index contributed by atoms with van der Waals surface area (Å²) >= 11 is 0. The Balaban J connectivity index is 3.59. The molecule has 1 atom stereocenters. The zero-order chi connectivity index (χ0) is 7.49. The molecule has 2 nitrogen and oxygen atoms in total. The summed E-state index contributed by atoms with van der Waals surface area (Å²) in [6, 6.07) is -1.76. The van der Waals surface area contributed by atoms with Gasteiger partial charge in [0.25, 0.3) is 0 Å². The Morgan fingerprint density at radius 2 is 1.78 bits per heavy atom. The fourth-order valence-electron chi connectivity index (χ4n) is 0.343. The van der Waals surface area contributed by atoms with E-state index in [0.717, 1.165) is 0 Å². The number of hydrogen-bond donors (Lipinski definition) is 2. The van der Waals surface area contributed by atoms with Gasteiger partial charge in [-0.05, 0) is 13.0 Å². The zero-order valence-electron chi connectivity index (χ0n) is 4.78. The van der Waals surface area contributed by atoms with Crippen molar-refractivity contribution in [2.45, 2.75) is 18.6 Å². The van der Waals surface area contributed by atoms with Gasteiger partial charge in [-0.25, -0.2) is 0 Å². The smallest absolute Gasteiger partial charge is 0.330 e. The van der Waals surface area contributed by atoms with Crippen LogP contribution in [0.1, 0.15) is 6.42 Å². The molecule has 0 fully saturated rings. The Morgan fingerprint density at radius 3 is 1.89 bits per heavy atom. The summed E-state index contributed by atoms with van der Waals surface area (Å²) in [6.07, 6.45) is -4.50. The molecule has 0 heterocycles. The van der Waals surface area contributed by atoms with E-state index >= 15 is 0 Å². The van der Waals surface area contributed by atoms with Crippen molar-refractivity contribution in [3.63, 3.8) is 0 Å². The topological polar surface area (TPSA) is 52.0 Å². The molecular formula is C4H9F3N2. The predicted octanol–water partition coefficient (Wildman–Crippen LogP) is 0.225. The quantitative estimate of drug-likeness (QED) is 0.579. The van der Waals surface area contributed by atoms with Gasteiger partial charge < -0.3 is 11.5 Å².